The van der Waals surface area contributed by atoms with Crippen molar-refractivity contribution in [3.8, 4) is 16.9 Å². The van der Waals surface area contributed by atoms with Crippen LogP contribution in [0, 0.1) is 5.92 Å². The van der Waals surface area contributed by atoms with Crippen LogP contribution in [-0.2, 0) is 4.79 Å². The molecule has 2 aromatic carbocycles. The number of amides is 1. The number of methoxy groups -OCH3 is 1. The lowest BCUT2D eigenvalue weighted by atomic mass is 9.95. The molecule has 0 saturated carbocycles. The molecule has 2 heterocycles. The Hall–Kier alpha value is -2.57. The first-order valence-electron chi connectivity index (χ1n) is 10.6. The van der Waals surface area contributed by atoms with Crippen LogP contribution in [-0.4, -0.2) is 48.3 Å². The predicted octanol–water partition coefficient (Wildman–Crippen LogP) is 5.06. The number of aromatic nitrogens is 2. The number of ether oxygens (including phenoxy) is 1. The summed E-state index contributed by atoms with van der Waals surface area (Å²) in [4.78, 5) is 15.0. The molecule has 3 aromatic rings. The number of benzene rings is 2. The first kappa shape index (κ1) is 23.1. The monoisotopic (exact) mass is 442 g/mol. The molecule has 1 aliphatic heterocycles. The van der Waals surface area contributed by atoms with Crippen LogP contribution in [0.4, 0.5) is 5.82 Å². The second-order valence-electron chi connectivity index (χ2n) is 8.51. The molecule has 1 saturated heterocycles. The van der Waals surface area contributed by atoms with Crippen molar-refractivity contribution < 1.29 is 9.53 Å². The fourth-order valence-corrected chi connectivity index (χ4v) is 4.08. The van der Waals surface area contributed by atoms with E-state index in [0.717, 1.165) is 53.7 Å². The number of hydrogen-bond acceptors (Lipinski definition) is 4. The molecule has 0 bridgehead atoms. The Morgan fingerprint density at radius 3 is 2.61 bits per heavy atom. The quantitative estimate of drug-likeness (QED) is 0.579. The van der Waals surface area contributed by atoms with Crippen molar-refractivity contribution in [2.45, 2.75) is 32.6 Å². The zero-order chi connectivity index (χ0) is 21.3. The number of rotatable bonds is 5. The third-order valence-electron chi connectivity index (χ3n) is 6.10. The van der Waals surface area contributed by atoms with Gasteiger partial charge in [0.05, 0.1) is 12.6 Å². The molecule has 1 amide bonds. The minimum absolute atomic E-state index is 0. The van der Waals surface area contributed by atoms with E-state index in [9.17, 15) is 4.79 Å². The van der Waals surface area contributed by atoms with Crippen molar-refractivity contribution >= 4 is 35.0 Å². The van der Waals surface area contributed by atoms with Crippen molar-refractivity contribution in [2.75, 3.05) is 32.6 Å². The van der Waals surface area contributed by atoms with E-state index >= 15 is 0 Å². The van der Waals surface area contributed by atoms with Gasteiger partial charge >= 0.3 is 0 Å². The number of halogens is 1. The predicted molar refractivity (Wildman–Crippen MR) is 128 cm³/mol. The second-order valence-corrected chi connectivity index (χ2v) is 8.51. The maximum absolute atomic E-state index is 12.8. The highest BCUT2D eigenvalue weighted by Crippen LogP contribution is 2.35. The summed E-state index contributed by atoms with van der Waals surface area (Å²) in [6.07, 6.45) is 1.77. The van der Waals surface area contributed by atoms with Crippen molar-refractivity contribution in [3.63, 3.8) is 0 Å². The topological polar surface area (TPSA) is 70.2 Å². The summed E-state index contributed by atoms with van der Waals surface area (Å²) in [5.41, 5.74) is 4.24. The molecule has 4 rings (SSSR count). The number of fused-ring (bicyclic) bond motifs is 1. The summed E-state index contributed by atoms with van der Waals surface area (Å²) in [6, 6.07) is 12.5. The lowest BCUT2D eigenvalue weighted by Gasteiger charge is -2.27. The van der Waals surface area contributed by atoms with Gasteiger partial charge in [0.1, 0.15) is 5.75 Å². The third-order valence-corrected chi connectivity index (χ3v) is 6.10. The molecule has 2 N–H and O–H groups in total. The summed E-state index contributed by atoms with van der Waals surface area (Å²) in [5, 5.41) is 11.4. The van der Waals surface area contributed by atoms with Gasteiger partial charge in [-0.2, -0.15) is 5.10 Å². The number of piperidine rings is 1. The number of likely N-dealkylation sites (tertiary alicyclic amines) is 1. The molecular weight excluding hydrogens is 412 g/mol. The molecule has 31 heavy (non-hydrogen) atoms. The zero-order valence-corrected chi connectivity index (χ0v) is 19.4. The van der Waals surface area contributed by atoms with Crippen LogP contribution in [0.3, 0.4) is 0 Å². The van der Waals surface area contributed by atoms with Crippen molar-refractivity contribution in [1.82, 2.24) is 15.1 Å². The van der Waals surface area contributed by atoms with E-state index < -0.39 is 0 Å². The molecule has 6 nitrogen and oxygen atoms in total. The molecule has 0 radical (unpaired) electrons. The Kier molecular flexibility index (Phi) is 7.23. The molecule has 166 valence electrons. The number of anilines is 1. The van der Waals surface area contributed by atoms with Gasteiger partial charge < -0.3 is 15.0 Å². The van der Waals surface area contributed by atoms with Gasteiger partial charge in [0.15, 0.2) is 5.82 Å². The zero-order valence-electron chi connectivity index (χ0n) is 18.6. The number of nitrogens with one attached hydrogen (secondary N) is 2. The van der Waals surface area contributed by atoms with Crippen LogP contribution in [0.15, 0.2) is 36.4 Å². The Labute approximate surface area is 189 Å². The van der Waals surface area contributed by atoms with E-state index in [-0.39, 0.29) is 24.2 Å². The Morgan fingerprint density at radius 2 is 1.94 bits per heavy atom. The summed E-state index contributed by atoms with van der Waals surface area (Å²) < 4.78 is 5.61. The first-order valence-corrected chi connectivity index (χ1v) is 10.6. The van der Waals surface area contributed by atoms with Crippen molar-refractivity contribution in [3.05, 3.63) is 42.0 Å². The molecule has 0 atom stereocenters. The van der Waals surface area contributed by atoms with E-state index in [1.807, 2.05) is 12.1 Å². The molecule has 7 heteroatoms. The van der Waals surface area contributed by atoms with Crippen molar-refractivity contribution in [2.24, 2.45) is 5.92 Å². The molecule has 0 spiro atoms. The number of carbonyl (C=O) groups is 1. The van der Waals surface area contributed by atoms with Crippen molar-refractivity contribution in [1.29, 1.82) is 0 Å². The molecule has 1 aliphatic rings. The number of hydrogen-bond donors (Lipinski definition) is 2. The smallest absolute Gasteiger partial charge is 0.228 e. The summed E-state index contributed by atoms with van der Waals surface area (Å²) >= 11 is 0. The highest BCUT2D eigenvalue weighted by atomic mass is 35.5. The standard InChI is InChI=1S/C24H30N4O2.ClH/c1-15(2)17-6-8-22(30-4)19(13-17)18-5-7-21-20(14-18)23(27-26-21)25-24(29)16-9-11-28(3)12-10-16;/h5-8,13-16H,9-12H2,1-4H3,(H2,25,26,27,29);1H. The van der Waals surface area contributed by atoms with E-state index in [0.29, 0.717) is 11.7 Å². The fraction of sp³-hybridized carbons (Fsp3) is 0.417. The van der Waals surface area contributed by atoms with Crippen LogP contribution >= 0.6 is 12.4 Å². The van der Waals surface area contributed by atoms with E-state index in [1.54, 1.807) is 7.11 Å². The fourth-order valence-electron chi connectivity index (χ4n) is 4.08. The van der Waals surface area contributed by atoms with Crippen LogP contribution in [0.1, 0.15) is 38.2 Å². The largest absolute Gasteiger partial charge is 0.496 e. The molecular formula is C24H31ClN4O2. The SMILES string of the molecule is COc1ccc(C(C)C)cc1-c1ccc2[nH]nc(NC(=O)C3CCN(C)CC3)c2c1.Cl. The molecule has 1 fully saturated rings. The normalized spacial score (nSPS) is 15.1. The highest BCUT2D eigenvalue weighted by Gasteiger charge is 2.24. The van der Waals surface area contributed by atoms with E-state index in [2.05, 4.69) is 65.6 Å². The Bertz CT molecular complexity index is 1050. The summed E-state index contributed by atoms with van der Waals surface area (Å²) in [5.74, 6) is 1.95. The average molecular weight is 443 g/mol. The van der Waals surface area contributed by atoms with Crippen LogP contribution in [0.5, 0.6) is 5.75 Å². The minimum Gasteiger partial charge on any atom is -0.496 e. The Balaban J connectivity index is 0.00000272. The number of aromatic amines is 1. The number of carbonyl (C=O) groups excluding carboxylic acids is 1. The van der Waals surface area contributed by atoms with Gasteiger partial charge in [0.25, 0.3) is 0 Å². The van der Waals surface area contributed by atoms with Gasteiger partial charge in [-0.25, -0.2) is 0 Å². The van der Waals surface area contributed by atoms with E-state index in [4.69, 9.17) is 4.74 Å². The lowest BCUT2D eigenvalue weighted by Crippen LogP contribution is -2.36. The second kappa shape index (κ2) is 9.71. The lowest BCUT2D eigenvalue weighted by molar-refractivity contribution is -0.121. The average Bonchev–Trinajstić information content (AvgIpc) is 3.15. The maximum Gasteiger partial charge on any atom is 0.228 e. The molecule has 0 aliphatic carbocycles. The number of H-pyrrole nitrogens is 1. The summed E-state index contributed by atoms with van der Waals surface area (Å²) in [6.45, 7) is 6.27. The van der Waals surface area contributed by atoms with Crippen LogP contribution in [0.2, 0.25) is 0 Å². The van der Waals surface area contributed by atoms with Gasteiger partial charge in [-0.3, -0.25) is 9.89 Å². The highest BCUT2D eigenvalue weighted by molar-refractivity contribution is 6.01. The minimum atomic E-state index is 0. The summed E-state index contributed by atoms with van der Waals surface area (Å²) in [7, 11) is 3.79. The van der Waals surface area contributed by atoms with Gasteiger partial charge in [-0.1, -0.05) is 26.0 Å². The van der Waals surface area contributed by atoms with E-state index in [1.165, 1.54) is 5.56 Å². The van der Waals surface area contributed by atoms with Gasteiger partial charge in [0.2, 0.25) is 5.91 Å². The van der Waals surface area contributed by atoms with Gasteiger partial charge in [-0.05, 0) is 74.3 Å². The maximum atomic E-state index is 12.8. The molecule has 0 unspecified atom stereocenters. The number of nitrogens with zero attached hydrogens (tertiary/aromatic N) is 2. The van der Waals surface area contributed by atoms with Crippen LogP contribution < -0.4 is 10.1 Å². The van der Waals surface area contributed by atoms with Gasteiger partial charge in [0, 0.05) is 16.9 Å². The molecule has 1 aromatic heterocycles. The van der Waals surface area contributed by atoms with Crippen LogP contribution in [0.25, 0.3) is 22.0 Å². The first-order chi connectivity index (χ1) is 14.5. The Morgan fingerprint density at radius 1 is 1.19 bits per heavy atom. The van der Waals surface area contributed by atoms with Gasteiger partial charge in [-0.15, -0.1) is 12.4 Å². The third kappa shape index (κ3) is 4.86.